The van der Waals surface area contributed by atoms with Gasteiger partial charge in [0.15, 0.2) is 11.5 Å². The van der Waals surface area contributed by atoms with Gasteiger partial charge in [-0.1, -0.05) is 6.07 Å². The lowest BCUT2D eigenvalue weighted by Gasteiger charge is -2.28. The van der Waals surface area contributed by atoms with Gasteiger partial charge in [-0.15, -0.1) is 0 Å². The first kappa shape index (κ1) is 15.1. The van der Waals surface area contributed by atoms with E-state index in [0.29, 0.717) is 6.61 Å². The molecule has 1 N–H and O–H groups in total. The van der Waals surface area contributed by atoms with Crippen LogP contribution in [-0.2, 0) is 0 Å². The third-order valence-corrected chi connectivity index (χ3v) is 3.86. The minimum absolute atomic E-state index is 0.205. The van der Waals surface area contributed by atoms with Gasteiger partial charge in [-0.25, -0.2) is 0 Å². The van der Waals surface area contributed by atoms with Crippen molar-refractivity contribution in [1.82, 2.24) is 4.90 Å². The standard InChI is InChI=1S/C16H25NO3/c1-3-20-15-7-6-13(12-16(15)19-2)14(8-11-18)17-9-4-5-10-17/h6-7,12,14,18H,3-5,8-11H2,1-2H3. The van der Waals surface area contributed by atoms with Gasteiger partial charge in [0, 0.05) is 12.6 Å². The Bertz CT molecular complexity index is 416. The summed E-state index contributed by atoms with van der Waals surface area (Å²) in [5, 5.41) is 9.34. The molecule has 1 saturated heterocycles. The molecule has 0 bridgehead atoms. The molecule has 0 amide bonds. The van der Waals surface area contributed by atoms with Crippen LogP contribution in [0.2, 0.25) is 0 Å². The van der Waals surface area contributed by atoms with Crippen molar-refractivity contribution in [3.63, 3.8) is 0 Å². The fourth-order valence-electron chi connectivity index (χ4n) is 2.90. The molecule has 0 spiro atoms. The van der Waals surface area contributed by atoms with Crippen LogP contribution < -0.4 is 9.47 Å². The van der Waals surface area contributed by atoms with Gasteiger partial charge in [0.2, 0.25) is 0 Å². The number of hydrogen-bond acceptors (Lipinski definition) is 4. The van der Waals surface area contributed by atoms with Crippen molar-refractivity contribution < 1.29 is 14.6 Å². The maximum atomic E-state index is 9.34. The average molecular weight is 279 g/mol. The van der Waals surface area contributed by atoms with Gasteiger partial charge in [-0.05, 0) is 57.0 Å². The molecule has 4 nitrogen and oxygen atoms in total. The summed E-state index contributed by atoms with van der Waals surface area (Å²) < 4.78 is 11.0. The lowest BCUT2D eigenvalue weighted by molar-refractivity contribution is 0.185. The van der Waals surface area contributed by atoms with Crippen LogP contribution >= 0.6 is 0 Å². The second-order valence-electron chi connectivity index (χ2n) is 5.11. The summed E-state index contributed by atoms with van der Waals surface area (Å²) in [4.78, 5) is 2.45. The van der Waals surface area contributed by atoms with E-state index in [1.165, 1.54) is 18.4 Å². The molecule has 2 rings (SSSR count). The molecule has 0 aromatic heterocycles. The minimum atomic E-state index is 0.205. The van der Waals surface area contributed by atoms with Gasteiger partial charge in [0.25, 0.3) is 0 Å². The van der Waals surface area contributed by atoms with Crippen LogP contribution in [0.5, 0.6) is 11.5 Å². The zero-order valence-corrected chi connectivity index (χ0v) is 12.5. The molecule has 0 aliphatic carbocycles. The van der Waals surface area contributed by atoms with E-state index < -0.39 is 0 Å². The van der Waals surface area contributed by atoms with Crippen LogP contribution in [0.3, 0.4) is 0 Å². The molecule has 1 aromatic rings. The highest BCUT2D eigenvalue weighted by Gasteiger charge is 2.23. The minimum Gasteiger partial charge on any atom is -0.493 e. The molecule has 112 valence electrons. The summed E-state index contributed by atoms with van der Waals surface area (Å²) in [5.74, 6) is 1.55. The summed E-state index contributed by atoms with van der Waals surface area (Å²) >= 11 is 0. The predicted molar refractivity (Wildman–Crippen MR) is 79.4 cm³/mol. The number of hydrogen-bond donors (Lipinski definition) is 1. The first-order valence-electron chi connectivity index (χ1n) is 7.45. The molecule has 0 radical (unpaired) electrons. The van der Waals surface area contributed by atoms with E-state index in [9.17, 15) is 5.11 Å². The van der Waals surface area contributed by atoms with Crippen molar-refractivity contribution in [3.05, 3.63) is 23.8 Å². The van der Waals surface area contributed by atoms with E-state index in [2.05, 4.69) is 11.0 Å². The van der Waals surface area contributed by atoms with Gasteiger partial charge in [0.05, 0.1) is 13.7 Å². The van der Waals surface area contributed by atoms with Crippen LogP contribution in [0.4, 0.5) is 0 Å². The molecule has 1 aromatic carbocycles. The average Bonchev–Trinajstić information content (AvgIpc) is 2.99. The normalized spacial score (nSPS) is 17.1. The smallest absolute Gasteiger partial charge is 0.161 e. The largest absolute Gasteiger partial charge is 0.493 e. The van der Waals surface area contributed by atoms with Crippen LogP contribution in [0.1, 0.15) is 37.8 Å². The van der Waals surface area contributed by atoms with E-state index in [-0.39, 0.29) is 12.6 Å². The van der Waals surface area contributed by atoms with Gasteiger partial charge in [-0.3, -0.25) is 4.90 Å². The molecule has 1 unspecified atom stereocenters. The maximum Gasteiger partial charge on any atom is 0.161 e. The summed E-state index contributed by atoms with van der Waals surface area (Å²) in [6, 6.07) is 6.38. The van der Waals surface area contributed by atoms with Gasteiger partial charge in [-0.2, -0.15) is 0 Å². The van der Waals surface area contributed by atoms with Crippen molar-refractivity contribution in [3.8, 4) is 11.5 Å². The Morgan fingerprint density at radius 1 is 1.25 bits per heavy atom. The van der Waals surface area contributed by atoms with E-state index in [4.69, 9.17) is 9.47 Å². The summed E-state index contributed by atoms with van der Waals surface area (Å²) in [6.07, 6.45) is 3.25. The van der Waals surface area contributed by atoms with Crippen molar-refractivity contribution >= 4 is 0 Å². The third-order valence-electron chi connectivity index (χ3n) is 3.86. The number of methoxy groups -OCH3 is 1. The first-order valence-corrected chi connectivity index (χ1v) is 7.45. The lowest BCUT2D eigenvalue weighted by atomic mass is 10.0. The molecule has 0 saturated carbocycles. The highest BCUT2D eigenvalue weighted by Crippen LogP contribution is 2.34. The number of benzene rings is 1. The highest BCUT2D eigenvalue weighted by atomic mass is 16.5. The highest BCUT2D eigenvalue weighted by molar-refractivity contribution is 5.44. The van der Waals surface area contributed by atoms with Crippen molar-refractivity contribution in [1.29, 1.82) is 0 Å². The maximum absolute atomic E-state index is 9.34. The number of ether oxygens (including phenoxy) is 2. The van der Waals surface area contributed by atoms with Crippen molar-refractivity contribution in [2.24, 2.45) is 0 Å². The zero-order chi connectivity index (χ0) is 14.4. The van der Waals surface area contributed by atoms with E-state index in [1.54, 1.807) is 7.11 Å². The van der Waals surface area contributed by atoms with E-state index >= 15 is 0 Å². The summed E-state index contributed by atoms with van der Waals surface area (Å²) in [6.45, 7) is 5.02. The fourth-order valence-corrected chi connectivity index (χ4v) is 2.90. The Labute approximate surface area is 121 Å². The Kier molecular flexibility index (Phi) is 5.68. The van der Waals surface area contributed by atoms with Crippen LogP contribution in [0, 0.1) is 0 Å². The fraction of sp³-hybridized carbons (Fsp3) is 0.625. The molecule has 1 fully saturated rings. The second kappa shape index (κ2) is 7.50. The van der Waals surface area contributed by atoms with Crippen LogP contribution in [0.25, 0.3) is 0 Å². The molecule has 1 aliphatic rings. The number of aliphatic hydroxyl groups excluding tert-OH is 1. The Morgan fingerprint density at radius 3 is 2.60 bits per heavy atom. The molecular weight excluding hydrogens is 254 g/mol. The Hall–Kier alpha value is -1.26. The SMILES string of the molecule is CCOc1ccc(C(CCO)N2CCCC2)cc1OC. The van der Waals surface area contributed by atoms with Gasteiger partial charge in [0.1, 0.15) is 0 Å². The molecule has 20 heavy (non-hydrogen) atoms. The van der Waals surface area contributed by atoms with Crippen molar-refractivity contribution in [2.75, 3.05) is 33.4 Å². The topological polar surface area (TPSA) is 41.9 Å². The van der Waals surface area contributed by atoms with Crippen LogP contribution in [0.15, 0.2) is 18.2 Å². The summed E-state index contributed by atoms with van der Waals surface area (Å²) in [5.41, 5.74) is 1.20. The van der Waals surface area contributed by atoms with Crippen LogP contribution in [-0.4, -0.2) is 43.4 Å². The quantitative estimate of drug-likeness (QED) is 0.833. The van der Waals surface area contributed by atoms with Gasteiger partial charge < -0.3 is 14.6 Å². The predicted octanol–water partition coefficient (Wildman–Crippen LogP) is 2.61. The summed E-state index contributed by atoms with van der Waals surface area (Å²) in [7, 11) is 1.67. The number of aliphatic hydroxyl groups is 1. The first-order chi connectivity index (χ1) is 9.80. The van der Waals surface area contributed by atoms with Gasteiger partial charge >= 0.3 is 0 Å². The Balaban J connectivity index is 2.23. The number of likely N-dealkylation sites (tertiary alicyclic amines) is 1. The molecule has 1 heterocycles. The third kappa shape index (κ3) is 3.44. The number of nitrogens with zero attached hydrogens (tertiary/aromatic N) is 1. The second-order valence-corrected chi connectivity index (χ2v) is 5.11. The number of rotatable bonds is 7. The molecular formula is C16H25NO3. The molecule has 4 heteroatoms. The van der Waals surface area contributed by atoms with E-state index in [1.807, 2.05) is 19.1 Å². The zero-order valence-electron chi connectivity index (χ0n) is 12.5. The van der Waals surface area contributed by atoms with E-state index in [0.717, 1.165) is 31.0 Å². The lowest BCUT2D eigenvalue weighted by Crippen LogP contribution is -2.26. The Morgan fingerprint density at radius 2 is 2.00 bits per heavy atom. The molecule has 1 aliphatic heterocycles. The molecule has 1 atom stereocenters. The monoisotopic (exact) mass is 279 g/mol. The van der Waals surface area contributed by atoms with Crippen molar-refractivity contribution in [2.45, 2.75) is 32.2 Å².